The molecule has 2 radical (unpaired) electrons. The molecule has 0 bridgehead atoms. The molecule has 1 saturated heterocycles. The molecule has 25 heavy (non-hydrogen) atoms. The third-order valence-corrected chi connectivity index (χ3v) is 9.47. The van der Waals surface area contributed by atoms with Crippen LogP contribution in [-0.2, 0) is 13.9 Å². The smallest absolute Gasteiger partial charge is 0.338 e. The minimum Gasteiger partial charge on any atom is -0.459 e. The van der Waals surface area contributed by atoms with E-state index < -0.39 is 38.6 Å². The predicted molar refractivity (Wildman–Crippen MR) is 99.2 cm³/mol. The van der Waals surface area contributed by atoms with Gasteiger partial charge < -0.3 is 19.0 Å². The van der Waals surface area contributed by atoms with Gasteiger partial charge in [0.15, 0.2) is 8.32 Å². The molecule has 1 aromatic rings. The lowest BCUT2D eigenvalue weighted by Crippen LogP contribution is -2.50. The lowest BCUT2D eigenvalue weighted by molar-refractivity contribution is -0.0192. The fourth-order valence-corrected chi connectivity index (χ4v) is 3.70. The van der Waals surface area contributed by atoms with Gasteiger partial charge in [-0.15, -0.1) is 0 Å². The van der Waals surface area contributed by atoms with E-state index in [2.05, 4.69) is 33.9 Å². The molecule has 1 heterocycles. The number of benzene rings is 1. The summed E-state index contributed by atoms with van der Waals surface area (Å²) >= 11 is 0. The van der Waals surface area contributed by atoms with Crippen molar-refractivity contribution in [3.05, 3.63) is 35.9 Å². The zero-order chi connectivity index (χ0) is 18.8. The fraction of sp³-hybridized carbons (Fsp3) is 0.611. The Balaban J connectivity index is 2.04. The molecule has 0 aromatic heterocycles. The van der Waals surface area contributed by atoms with Gasteiger partial charge >= 0.3 is 5.97 Å². The summed E-state index contributed by atoms with van der Waals surface area (Å²) in [5, 5.41) is 10.3. The van der Waals surface area contributed by atoms with E-state index in [-0.39, 0.29) is 11.6 Å². The van der Waals surface area contributed by atoms with Gasteiger partial charge in [0.05, 0.1) is 11.7 Å². The third-order valence-electron chi connectivity index (χ3n) is 5.00. The molecule has 1 aliphatic rings. The summed E-state index contributed by atoms with van der Waals surface area (Å²) in [5.74, 6) is -0.440. The summed E-state index contributed by atoms with van der Waals surface area (Å²) in [5.41, 5.74) is 0.465. The van der Waals surface area contributed by atoms with E-state index in [0.717, 1.165) is 0 Å². The second-order valence-electron chi connectivity index (χ2n) is 7.94. The van der Waals surface area contributed by atoms with Crippen molar-refractivity contribution in [2.24, 2.45) is 0 Å². The summed E-state index contributed by atoms with van der Waals surface area (Å²) < 4.78 is 17.2. The second-order valence-corrected chi connectivity index (χ2v) is 12.7. The van der Waals surface area contributed by atoms with Gasteiger partial charge in [0.2, 0.25) is 0 Å². The van der Waals surface area contributed by atoms with E-state index in [0.29, 0.717) is 5.56 Å². The van der Waals surface area contributed by atoms with Crippen LogP contribution in [0, 0.1) is 0 Å². The number of rotatable bonds is 5. The molecule has 136 valence electrons. The van der Waals surface area contributed by atoms with Gasteiger partial charge in [-0.25, -0.2) is 4.79 Å². The van der Waals surface area contributed by atoms with Crippen molar-refractivity contribution in [2.45, 2.75) is 63.2 Å². The maximum atomic E-state index is 12.1. The highest BCUT2D eigenvalue weighted by Gasteiger charge is 2.48. The zero-order valence-corrected chi connectivity index (χ0v) is 16.6. The minimum absolute atomic E-state index is 0.0161. The Hall–Kier alpha value is -1.15. The molecule has 4 atom stereocenters. The summed E-state index contributed by atoms with van der Waals surface area (Å²) in [6, 6.07) is 7.88. The zero-order valence-electron chi connectivity index (χ0n) is 15.6. The van der Waals surface area contributed by atoms with Crippen LogP contribution in [0.3, 0.4) is 0 Å². The number of hydrogen-bond donors (Lipinski definition) is 1. The van der Waals surface area contributed by atoms with E-state index in [9.17, 15) is 9.90 Å². The molecule has 1 aliphatic heterocycles. The number of hydrogen-bond acceptors (Lipinski definition) is 5. The normalized spacial score (nSPS) is 27.3. The SMILES string of the molecule is [B][C@@H]1O[C@H](COC(=O)c2ccccc2)C(O[Si](C)(C)C(C)(C)C)[C@@H]1O. The molecule has 0 spiro atoms. The molecule has 0 aliphatic carbocycles. The summed E-state index contributed by atoms with van der Waals surface area (Å²) in [4.78, 5) is 12.1. The van der Waals surface area contributed by atoms with E-state index in [1.54, 1.807) is 24.3 Å². The first-order valence-corrected chi connectivity index (χ1v) is 11.4. The Labute approximate surface area is 152 Å². The van der Waals surface area contributed by atoms with Gasteiger partial charge in [-0.3, -0.25) is 0 Å². The number of carbonyl (C=O) groups excluding carboxylic acids is 1. The van der Waals surface area contributed by atoms with Crippen LogP contribution in [-0.4, -0.2) is 58.2 Å². The predicted octanol–water partition coefficient (Wildman–Crippen LogP) is 2.49. The summed E-state index contributed by atoms with van der Waals surface area (Å²) in [6.45, 7) is 10.5. The van der Waals surface area contributed by atoms with Crippen LogP contribution in [0.5, 0.6) is 0 Å². The number of carbonyl (C=O) groups is 1. The van der Waals surface area contributed by atoms with Gasteiger partial charge in [-0.1, -0.05) is 39.0 Å². The lowest BCUT2D eigenvalue weighted by atomic mass is 9.93. The van der Waals surface area contributed by atoms with E-state index in [1.807, 2.05) is 6.07 Å². The van der Waals surface area contributed by atoms with Crippen LogP contribution < -0.4 is 0 Å². The number of esters is 1. The standard InChI is InChI=1S/C18H27BO5Si/c1-18(2,3)25(4,5)24-15-13(23-16(19)14(15)20)11-22-17(21)12-9-7-6-8-10-12/h6-10,13-16,20H,11H2,1-5H3/t13-,14+,15?,16-/m1/s1. The van der Waals surface area contributed by atoms with Crippen molar-refractivity contribution in [1.82, 2.24) is 0 Å². The largest absolute Gasteiger partial charge is 0.459 e. The highest BCUT2D eigenvalue weighted by atomic mass is 28.4. The van der Waals surface area contributed by atoms with Crippen molar-refractivity contribution in [1.29, 1.82) is 0 Å². The van der Waals surface area contributed by atoms with Crippen LogP contribution >= 0.6 is 0 Å². The van der Waals surface area contributed by atoms with Crippen molar-refractivity contribution in [3.63, 3.8) is 0 Å². The molecule has 1 fully saturated rings. The molecule has 5 nitrogen and oxygen atoms in total. The molecule has 0 saturated carbocycles. The van der Waals surface area contributed by atoms with Crippen molar-refractivity contribution >= 4 is 22.1 Å². The van der Waals surface area contributed by atoms with Crippen LogP contribution in [0.1, 0.15) is 31.1 Å². The van der Waals surface area contributed by atoms with Crippen LogP contribution in [0.15, 0.2) is 30.3 Å². The van der Waals surface area contributed by atoms with E-state index in [1.165, 1.54) is 0 Å². The third kappa shape index (κ3) is 4.73. The van der Waals surface area contributed by atoms with Crippen LogP contribution in [0.25, 0.3) is 0 Å². The lowest BCUT2D eigenvalue weighted by Gasteiger charge is -2.40. The Morgan fingerprint density at radius 1 is 1.28 bits per heavy atom. The molecule has 1 unspecified atom stereocenters. The average Bonchev–Trinajstić information content (AvgIpc) is 2.80. The van der Waals surface area contributed by atoms with Crippen LogP contribution in [0.2, 0.25) is 18.1 Å². The maximum Gasteiger partial charge on any atom is 0.338 e. The first kappa shape index (κ1) is 20.2. The van der Waals surface area contributed by atoms with Gasteiger partial charge in [-0.05, 0) is 30.3 Å². The molecular weight excluding hydrogens is 335 g/mol. The molecule has 1 N–H and O–H groups in total. The minimum atomic E-state index is -2.14. The van der Waals surface area contributed by atoms with Crippen LogP contribution in [0.4, 0.5) is 0 Å². The Morgan fingerprint density at radius 3 is 2.44 bits per heavy atom. The first-order chi connectivity index (χ1) is 11.5. The Kier molecular flexibility index (Phi) is 6.14. The van der Waals surface area contributed by atoms with Crippen molar-refractivity contribution in [3.8, 4) is 0 Å². The van der Waals surface area contributed by atoms with E-state index in [4.69, 9.17) is 21.7 Å². The number of aliphatic hydroxyl groups is 1. The molecule has 0 amide bonds. The number of aliphatic hydroxyl groups excluding tert-OH is 1. The monoisotopic (exact) mass is 362 g/mol. The first-order valence-electron chi connectivity index (χ1n) is 8.52. The molecular formula is C18H27BO5Si. The summed E-state index contributed by atoms with van der Waals surface area (Å²) in [6.07, 6.45) is -2.15. The van der Waals surface area contributed by atoms with Gasteiger partial charge in [0, 0.05) is 6.00 Å². The quantitative estimate of drug-likeness (QED) is 0.644. The van der Waals surface area contributed by atoms with Gasteiger partial charge in [-0.2, -0.15) is 0 Å². The average molecular weight is 362 g/mol. The molecule has 1 aromatic carbocycles. The summed E-state index contributed by atoms with van der Waals surface area (Å²) in [7, 11) is 3.69. The molecule has 7 heteroatoms. The van der Waals surface area contributed by atoms with E-state index >= 15 is 0 Å². The fourth-order valence-electron chi connectivity index (χ4n) is 2.38. The maximum absolute atomic E-state index is 12.1. The Bertz CT molecular complexity index is 587. The topological polar surface area (TPSA) is 65.0 Å². The van der Waals surface area contributed by atoms with Gasteiger partial charge in [0.25, 0.3) is 0 Å². The van der Waals surface area contributed by atoms with Gasteiger partial charge in [0.1, 0.15) is 26.7 Å². The highest BCUT2D eigenvalue weighted by molar-refractivity contribution is 6.74. The van der Waals surface area contributed by atoms with Crippen molar-refractivity contribution < 1.29 is 23.8 Å². The number of ether oxygens (including phenoxy) is 2. The highest BCUT2D eigenvalue weighted by Crippen LogP contribution is 2.39. The second kappa shape index (κ2) is 7.62. The Morgan fingerprint density at radius 2 is 1.88 bits per heavy atom. The van der Waals surface area contributed by atoms with Crippen molar-refractivity contribution in [2.75, 3.05) is 6.61 Å². The molecule has 2 rings (SSSR count).